The number of amides is 2. The maximum atomic E-state index is 14.1. The summed E-state index contributed by atoms with van der Waals surface area (Å²) in [6.07, 6.45) is 2.91. The standard InChI is InChI=1S/C30H35Cl2N3O5S/c1-4-5-14-33-30(37)28(16-22-10-7-6-8-11-22)34(20-23-12-9-13-27(15-23)40-2)29(36)21-35(41(3,38)39)26-18-24(31)17-25(32)19-26/h6-13,15,17-19,28H,4-5,14,16,20-21H2,1-3H3,(H,33,37)/t28-/m0/s1. The molecule has 0 radical (unpaired) electrons. The largest absolute Gasteiger partial charge is 0.497 e. The average Bonchev–Trinajstić information content (AvgIpc) is 2.93. The molecule has 0 saturated carbocycles. The van der Waals surface area contributed by atoms with Gasteiger partial charge in [-0.05, 0) is 47.9 Å². The van der Waals surface area contributed by atoms with E-state index in [1.54, 1.807) is 25.3 Å². The first-order valence-corrected chi connectivity index (χ1v) is 15.8. The third kappa shape index (κ3) is 9.66. The molecule has 1 N–H and O–H groups in total. The highest BCUT2D eigenvalue weighted by molar-refractivity contribution is 7.92. The molecule has 0 aliphatic rings. The Bertz CT molecular complexity index is 1420. The summed E-state index contributed by atoms with van der Waals surface area (Å²) in [6.45, 7) is 1.96. The van der Waals surface area contributed by atoms with Crippen molar-refractivity contribution in [1.82, 2.24) is 10.2 Å². The maximum Gasteiger partial charge on any atom is 0.244 e. The van der Waals surface area contributed by atoms with E-state index in [-0.39, 0.29) is 34.6 Å². The van der Waals surface area contributed by atoms with E-state index in [9.17, 15) is 18.0 Å². The quantitative estimate of drug-likeness (QED) is 0.246. The Morgan fingerprint density at radius 1 is 0.951 bits per heavy atom. The highest BCUT2D eigenvalue weighted by atomic mass is 35.5. The predicted molar refractivity (Wildman–Crippen MR) is 164 cm³/mol. The minimum atomic E-state index is -3.94. The van der Waals surface area contributed by atoms with Gasteiger partial charge < -0.3 is 15.0 Å². The lowest BCUT2D eigenvalue weighted by Gasteiger charge is -2.33. The number of carbonyl (C=O) groups is 2. The van der Waals surface area contributed by atoms with Crippen molar-refractivity contribution in [3.05, 3.63) is 94.0 Å². The number of methoxy groups -OCH3 is 1. The molecule has 2 amide bonds. The van der Waals surface area contributed by atoms with E-state index in [0.29, 0.717) is 17.9 Å². The normalized spacial score (nSPS) is 11.9. The molecular formula is C30H35Cl2N3O5S. The molecule has 41 heavy (non-hydrogen) atoms. The summed E-state index contributed by atoms with van der Waals surface area (Å²) in [5, 5.41) is 3.40. The summed E-state index contributed by atoms with van der Waals surface area (Å²) in [4.78, 5) is 29.2. The summed E-state index contributed by atoms with van der Waals surface area (Å²) in [6, 6.07) is 20.0. The summed E-state index contributed by atoms with van der Waals surface area (Å²) in [5.74, 6) is -0.301. The molecule has 0 unspecified atom stereocenters. The van der Waals surface area contributed by atoms with Crippen LogP contribution < -0.4 is 14.4 Å². The lowest BCUT2D eigenvalue weighted by molar-refractivity contribution is -0.140. The molecular weight excluding hydrogens is 585 g/mol. The van der Waals surface area contributed by atoms with Gasteiger partial charge in [-0.2, -0.15) is 0 Å². The number of unbranched alkanes of at least 4 members (excludes halogenated alkanes) is 1. The lowest BCUT2D eigenvalue weighted by Crippen LogP contribution is -2.53. The molecule has 11 heteroatoms. The Labute approximate surface area is 252 Å². The Morgan fingerprint density at radius 2 is 1.61 bits per heavy atom. The Morgan fingerprint density at radius 3 is 2.22 bits per heavy atom. The molecule has 1 atom stereocenters. The smallest absolute Gasteiger partial charge is 0.244 e. The number of sulfonamides is 1. The van der Waals surface area contributed by atoms with Crippen molar-refractivity contribution in [2.24, 2.45) is 0 Å². The molecule has 0 fully saturated rings. The molecule has 8 nitrogen and oxygen atoms in total. The van der Waals surface area contributed by atoms with Gasteiger partial charge in [-0.3, -0.25) is 13.9 Å². The van der Waals surface area contributed by atoms with Crippen LogP contribution in [0.4, 0.5) is 5.69 Å². The van der Waals surface area contributed by atoms with Crippen LogP contribution in [0.5, 0.6) is 5.75 Å². The molecule has 0 spiro atoms. The van der Waals surface area contributed by atoms with Crippen molar-refractivity contribution in [3.63, 3.8) is 0 Å². The van der Waals surface area contributed by atoms with E-state index < -0.39 is 28.5 Å². The number of hydrogen-bond acceptors (Lipinski definition) is 5. The topological polar surface area (TPSA) is 96.0 Å². The van der Waals surface area contributed by atoms with Crippen molar-refractivity contribution >= 4 is 50.7 Å². The molecule has 0 saturated heterocycles. The number of halogens is 2. The van der Waals surface area contributed by atoms with Gasteiger partial charge in [0.1, 0.15) is 18.3 Å². The van der Waals surface area contributed by atoms with Gasteiger partial charge in [0.2, 0.25) is 21.8 Å². The second-order valence-electron chi connectivity index (χ2n) is 9.62. The van der Waals surface area contributed by atoms with E-state index in [2.05, 4.69) is 5.32 Å². The van der Waals surface area contributed by atoms with Crippen molar-refractivity contribution in [2.75, 3.05) is 30.8 Å². The van der Waals surface area contributed by atoms with Crippen LogP contribution in [0.3, 0.4) is 0 Å². The first-order chi connectivity index (χ1) is 19.5. The molecule has 0 heterocycles. The summed E-state index contributed by atoms with van der Waals surface area (Å²) in [7, 11) is -2.39. The SMILES string of the molecule is CCCCNC(=O)[C@H](Cc1ccccc1)N(Cc1cccc(OC)c1)C(=O)CN(c1cc(Cl)cc(Cl)c1)S(C)(=O)=O. The molecule has 0 aliphatic heterocycles. The fourth-order valence-corrected chi connectivity index (χ4v) is 5.67. The zero-order valence-electron chi connectivity index (χ0n) is 23.3. The van der Waals surface area contributed by atoms with Gasteiger partial charge in [0, 0.05) is 29.6 Å². The molecule has 3 aromatic carbocycles. The number of rotatable bonds is 14. The Hall–Kier alpha value is -3.27. The summed E-state index contributed by atoms with van der Waals surface area (Å²) in [5.41, 5.74) is 1.72. The van der Waals surface area contributed by atoms with E-state index in [4.69, 9.17) is 27.9 Å². The van der Waals surface area contributed by atoms with Crippen molar-refractivity contribution < 1.29 is 22.7 Å². The summed E-state index contributed by atoms with van der Waals surface area (Å²) < 4.78 is 32.1. The first-order valence-electron chi connectivity index (χ1n) is 13.2. The van der Waals surface area contributed by atoms with E-state index in [1.807, 2.05) is 43.3 Å². The predicted octanol–water partition coefficient (Wildman–Crippen LogP) is 5.32. The average molecular weight is 621 g/mol. The molecule has 220 valence electrons. The fourth-order valence-electron chi connectivity index (χ4n) is 4.32. The van der Waals surface area contributed by atoms with Crippen LogP contribution in [-0.2, 0) is 32.6 Å². The molecule has 0 aromatic heterocycles. The van der Waals surface area contributed by atoms with E-state index in [1.165, 1.54) is 23.1 Å². The summed E-state index contributed by atoms with van der Waals surface area (Å²) >= 11 is 12.3. The van der Waals surface area contributed by atoms with Crippen molar-refractivity contribution in [2.45, 2.75) is 38.8 Å². The Balaban J connectivity index is 2.06. The molecule has 3 aromatic rings. The van der Waals surface area contributed by atoms with Gasteiger partial charge in [0.25, 0.3) is 0 Å². The minimum Gasteiger partial charge on any atom is -0.497 e. The van der Waals surface area contributed by atoms with Gasteiger partial charge in [-0.1, -0.05) is 79.0 Å². The second kappa shape index (κ2) is 15.1. The lowest BCUT2D eigenvalue weighted by atomic mass is 10.0. The van der Waals surface area contributed by atoms with Gasteiger partial charge in [0.05, 0.1) is 19.1 Å². The van der Waals surface area contributed by atoms with Crippen LogP contribution >= 0.6 is 23.2 Å². The van der Waals surface area contributed by atoms with Gasteiger partial charge in [0.15, 0.2) is 0 Å². The molecule has 3 rings (SSSR count). The number of hydrogen-bond donors (Lipinski definition) is 1. The molecule has 0 bridgehead atoms. The van der Waals surface area contributed by atoms with Crippen LogP contribution in [0.1, 0.15) is 30.9 Å². The number of benzene rings is 3. The number of nitrogens with zero attached hydrogens (tertiary/aromatic N) is 2. The van der Waals surface area contributed by atoms with Crippen LogP contribution in [-0.4, -0.2) is 57.6 Å². The van der Waals surface area contributed by atoms with E-state index >= 15 is 0 Å². The minimum absolute atomic E-state index is 0.0443. The Kier molecular flexibility index (Phi) is 11.9. The van der Waals surface area contributed by atoms with Gasteiger partial charge >= 0.3 is 0 Å². The van der Waals surface area contributed by atoms with Crippen LogP contribution in [0.2, 0.25) is 10.0 Å². The number of nitrogens with one attached hydrogen (secondary N) is 1. The molecule has 0 aliphatic carbocycles. The van der Waals surface area contributed by atoms with E-state index in [0.717, 1.165) is 29.0 Å². The third-order valence-corrected chi connectivity index (χ3v) is 7.98. The third-order valence-electron chi connectivity index (χ3n) is 6.40. The van der Waals surface area contributed by atoms with Gasteiger partial charge in [-0.15, -0.1) is 0 Å². The first kappa shape index (κ1) is 32.2. The monoisotopic (exact) mass is 619 g/mol. The van der Waals surface area contributed by atoms with Crippen LogP contribution in [0.25, 0.3) is 0 Å². The number of ether oxygens (including phenoxy) is 1. The van der Waals surface area contributed by atoms with Crippen molar-refractivity contribution in [1.29, 1.82) is 0 Å². The van der Waals surface area contributed by atoms with Crippen LogP contribution in [0, 0.1) is 0 Å². The zero-order valence-corrected chi connectivity index (χ0v) is 25.7. The zero-order chi connectivity index (χ0) is 30.0. The highest BCUT2D eigenvalue weighted by Crippen LogP contribution is 2.28. The number of carbonyl (C=O) groups excluding carboxylic acids is 2. The maximum absolute atomic E-state index is 14.1. The second-order valence-corrected chi connectivity index (χ2v) is 12.4. The highest BCUT2D eigenvalue weighted by Gasteiger charge is 2.33. The van der Waals surface area contributed by atoms with Crippen LogP contribution in [0.15, 0.2) is 72.8 Å². The van der Waals surface area contributed by atoms with Crippen molar-refractivity contribution in [3.8, 4) is 5.75 Å². The van der Waals surface area contributed by atoms with Gasteiger partial charge in [-0.25, -0.2) is 8.42 Å². The number of anilines is 1. The fraction of sp³-hybridized carbons (Fsp3) is 0.333.